The highest BCUT2D eigenvalue weighted by molar-refractivity contribution is 5.85. The number of hydrogen-bond donors (Lipinski definition) is 2. The van der Waals surface area contributed by atoms with Crippen molar-refractivity contribution < 1.29 is 26.9 Å². The molecular weight excluding hydrogens is 205 g/mol. The molecule has 7 heteroatoms. The Hall–Kier alpha value is -0.780. The lowest BCUT2D eigenvalue weighted by atomic mass is 10.9. The van der Waals surface area contributed by atoms with E-state index in [0.29, 0.717) is 0 Å². The average Bonchev–Trinajstić information content (AvgIpc) is 2.14. The maximum absolute atomic E-state index is 10.2. The minimum atomic E-state index is -0.962. The van der Waals surface area contributed by atoms with Gasteiger partial charge >= 0.3 is 6.09 Å². The third-order valence-electron chi connectivity index (χ3n) is 0.990. The molecule has 4 N–H and O–H groups in total. The van der Waals surface area contributed by atoms with Crippen molar-refractivity contribution in [1.29, 1.82) is 0 Å². The molecule has 72 valence electrons. The minimum absolute atomic E-state index is 0. The number of carboxylic acid groups (broad SMARTS) is 1. The molecule has 0 radical (unpaired) electrons. The SMILES string of the molecule is Cl.Cn1cc[n+](C(=O)O)c1.N.[Cl-]. The van der Waals surface area contributed by atoms with Crippen LogP contribution in [0.25, 0.3) is 0 Å². The first kappa shape index (κ1) is 17.3. The van der Waals surface area contributed by atoms with E-state index in [-0.39, 0.29) is 31.0 Å². The molecule has 1 aromatic rings. The number of hydrogen-bond acceptors (Lipinski definition) is 2. The van der Waals surface area contributed by atoms with Crippen molar-refractivity contribution in [3.8, 4) is 0 Å². The third kappa shape index (κ3) is 4.17. The summed E-state index contributed by atoms with van der Waals surface area (Å²) < 4.78 is 2.74. The fourth-order valence-corrected chi connectivity index (χ4v) is 0.563. The zero-order chi connectivity index (χ0) is 6.85. The molecule has 0 saturated heterocycles. The Labute approximate surface area is 82.4 Å². The number of imidazole rings is 1. The Balaban J connectivity index is -0.000000270. The Morgan fingerprint density at radius 1 is 1.58 bits per heavy atom. The maximum atomic E-state index is 10.2. The molecule has 0 amide bonds. The van der Waals surface area contributed by atoms with Gasteiger partial charge in [0.1, 0.15) is 12.4 Å². The van der Waals surface area contributed by atoms with E-state index in [1.807, 2.05) is 0 Å². The van der Waals surface area contributed by atoms with Gasteiger partial charge in [-0.2, -0.15) is 4.79 Å². The van der Waals surface area contributed by atoms with Crippen LogP contribution in [0.4, 0.5) is 4.79 Å². The topological polar surface area (TPSA) is 81.1 Å². The highest BCUT2D eigenvalue weighted by Crippen LogP contribution is 1.74. The molecule has 0 spiro atoms. The molecule has 0 aliphatic carbocycles. The van der Waals surface area contributed by atoms with Gasteiger partial charge in [0.2, 0.25) is 0 Å². The predicted molar refractivity (Wildman–Crippen MR) is 41.3 cm³/mol. The van der Waals surface area contributed by atoms with Gasteiger partial charge in [0.15, 0.2) is 0 Å². The number of rotatable bonds is 0. The van der Waals surface area contributed by atoms with E-state index in [9.17, 15) is 4.79 Å². The van der Waals surface area contributed by atoms with Crippen LogP contribution in [-0.4, -0.2) is 15.8 Å². The number of aryl methyl sites for hydroxylation is 1. The minimum Gasteiger partial charge on any atom is -1.00 e. The molecule has 0 unspecified atom stereocenters. The summed E-state index contributed by atoms with van der Waals surface area (Å²) in [5.41, 5.74) is 0. The monoisotopic (exact) mass is 215 g/mol. The van der Waals surface area contributed by atoms with Gasteiger partial charge in [0.05, 0.1) is 7.05 Å². The van der Waals surface area contributed by atoms with Crippen LogP contribution in [0.3, 0.4) is 0 Å². The van der Waals surface area contributed by atoms with Gasteiger partial charge in [-0.15, -0.1) is 17.0 Å². The largest absolute Gasteiger partial charge is 1.00 e. The molecule has 1 heterocycles. The van der Waals surface area contributed by atoms with Crippen LogP contribution in [0.1, 0.15) is 0 Å². The van der Waals surface area contributed by atoms with E-state index in [1.54, 1.807) is 17.8 Å². The maximum Gasteiger partial charge on any atom is 0.509 e. The van der Waals surface area contributed by atoms with E-state index in [1.165, 1.54) is 12.5 Å². The highest BCUT2D eigenvalue weighted by atomic mass is 35.5. The van der Waals surface area contributed by atoms with Crippen molar-refractivity contribution in [2.24, 2.45) is 7.05 Å². The van der Waals surface area contributed by atoms with Crippen LogP contribution in [0, 0.1) is 0 Å². The van der Waals surface area contributed by atoms with Crippen LogP contribution in [0.5, 0.6) is 0 Å². The first-order chi connectivity index (χ1) is 4.20. The molecule has 0 atom stereocenters. The van der Waals surface area contributed by atoms with Gasteiger partial charge in [-0.3, -0.25) is 0 Å². The second kappa shape index (κ2) is 6.90. The number of carbonyl (C=O) groups is 1. The summed E-state index contributed by atoms with van der Waals surface area (Å²) in [4.78, 5) is 10.2. The fraction of sp³-hybridized carbons (Fsp3) is 0.200. The van der Waals surface area contributed by atoms with Crippen LogP contribution >= 0.6 is 12.4 Å². The van der Waals surface area contributed by atoms with E-state index in [4.69, 9.17) is 5.11 Å². The quantitative estimate of drug-likeness (QED) is 0.467. The smallest absolute Gasteiger partial charge is 0.509 e. The molecule has 0 saturated carbocycles. The molecule has 1 rings (SSSR count). The van der Waals surface area contributed by atoms with E-state index >= 15 is 0 Å². The summed E-state index contributed by atoms with van der Waals surface area (Å²) in [6, 6.07) is 0. The fourth-order valence-electron chi connectivity index (χ4n) is 0.563. The van der Waals surface area contributed by atoms with Crippen molar-refractivity contribution in [3.63, 3.8) is 0 Å². The van der Waals surface area contributed by atoms with Crippen molar-refractivity contribution >= 4 is 18.5 Å². The molecule has 5 nitrogen and oxygen atoms in total. The van der Waals surface area contributed by atoms with Crippen LogP contribution in [0.2, 0.25) is 0 Å². The Morgan fingerprint density at radius 2 is 2.08 bits per heavy atom. The number of halogens is 2. The van der Waals surface area contributed by atoms with E-state index in [2.05, 4.69) is 0 Å². The van der Waals surface area contributed by atoms with Gasteiger partial charge in [0, 0.05) is 0 Å². The summed E-state index contributed by atoms with van der Waals surface area (Å²) in [6.45, 7) is 0. The van der Waals surface area contributed by atoms with Crippen LogP contribution < -0.4 is 23.1 Å². The molecule has 0 aliphatic heterocycles. The van der Waals surface area contributed by atoms with Crippen molar-refractivity contribution in [2.45, 2.75) is 0 Å². The molecule has 1 aromatic heterocycles. The summed E-state index contributed by atoms with van der Waals surface area (Å²) in [7, 11) is 1.76. The Morgan fingerprint density at radius 3 is 2.25 bits per heavy atom. The molecular formula is C5H11Cl2N3O2. The Kier molecular flexibility index (Phi) is 9.97. The van der Waals surface area contributed by atoms with Gasteiger partial charge in [0.25, 0.3) is 6.33 Å². The molecule has 0 aromatic carbocycles. The molecule has 0 bridgehead atoms. The second-order valence-corrected chi connectivity index (χ2v) is 1.77. The second-order valence-electron chi connectivity index (χ2n) is 1.77. The lowest BCUT2D eigenvalue weighted by molar-refractivity contribution is -0.583. The van der Waals surface area contributed by atoms with Gasteiger partial charge in [-0.05, 0) is 0 Å². The van der Waals surface area contributed by atoms with Crippen molar-refractivity contribution in [1.82, 2.24) is 10.7 Å². The summed E-state index contributed by atoms with van der Waals surface area (Å²) >= 11 is 0. The number of nitrogens with zero attached hydrogens (tertiary/aromatic N) is 2. The first-order valence-corrected chi connectivity index (χ1v) is 2.46. The summed E-state index contributed by atoms with van der Waals surface area (Å²) in [6.07, 6.45) is 3.65. The van der Waals surface area contributed by atoms with Gasteiger partial charge in [-0.1, -0.05) is 0 Å². The van der Waals surface area contributed by atoms with E-state index < -0.39 is 6.09 Å². The average molecular weight is 216 g/mol. The first-order valence-electron chi connectivity index (χ1n) is 2.46. The van der Waals surface area contributed by atoms with Crippen molar-refractivity contribution in [3.05, 3.63) is 18.7 Å². The van der Waals surface area contributed by atoms with Crippen molar-refractivity contribution in [2.75, 3.05) is 0 Å². The summed E-state index contributed by atoms with van der Waals surface area (Å²) in [5, 5.41) is 8.35. The van der Waals surface area contributed by atoms with E-state index in [0.717, 1.165) is 4.57 Å². The standard InChI is InChI=1S/C5H6N2O2.2ClH.H3N/c1-6-2-3-7(4-6)5(8)9;;;/h2-4H,1H3;2*1H;1H3. The lowest BCUT2D eigenvalue weighted by Gasteiger charge is -1.78. The summed E-state index contributed by atoms with van der Waals surface area (Å²) in [5.74, 6) is 0. The zero-order valence-corrected chi connectivity index (χ0v) is 8.05. The molecule has 0 aliphatic rings. The molecule has 0 fully saturated rings. The zero-order valence-electron chi connectivity index (χ0n) is 6.48. The lowest BCUT2D eigenvalue weighted by Crippen LogP contribution is -3.00. The number of aromatic nitrogens is 2. The normalized spacial score (nSPS) is 7.08. The van der Waals surface area contributed by atoms with Gasteiger partial charge < -0.3 is 23.7 Å². The Bertz CT molecular complexity index is 238. The van der Waals surface area contributed by atoms with Gasteiger partial charge in [-0.25, -0.2) is 4.57 Å². The highest BCUT2D eigenvalue weighted by Gasteiger charge is 2.06. The van der Waals surface area contributed by atoms with Crippen LogP contribution in [0.15, 0.2) is 18.7 Å². The third-order valence-corrected chi connectivity index (χ3v) is 0.990. The molecule has 12 heavy (non-hydrogen) atoms. The van der Waals surface area contributed by atoms with Crippen LogP contribution in [-0.2, 0) is 7.05 Å². The predicted octanol–water partition coefficient (Wildman–Crippen LogP) is -2.57.